The molecule has 3 rings (SSSR count). The molecule has 0 unspecified atom stereocenters. The third-order valence-corrected chi connectivity index (χ3v) is 5.14. The minimum absolute atomic E-state index is 0.0900. The quantitative estimate of drug-likeness (QED) is 0.946. The van der Waals surface area contributed by atoms with E-state index in [1.807, 2.05) is 6.92 Å². The van der Waals surface area contributed by atoms with Gasteiger partial charge in [0.25, 0.3) is 0 Å². The number of anilines is 2. The summed E-state index contributed by atoms with van der Waals surface area (Å²) in [5.41, 5.74) is 3.57. The van der Waals surface area contributed by atoms with Crippen LogP contribution in [0.15, 0.2) is 24.3 Å². The summed E-state index contributed by atoms with van der Waals surface area (Å²) in [6, 6.07) is 8.68. The van der Waals surface area contributed by atoms with Gasteiger partial charge in [-0.3, -0.25) is 0 Å². The van der Waals surface area contributed by atoms with E-state index in [0.29, 0.717) is 0 Å². The maximum absolute atomic E-state index is 9.29. The van der Waals surface area contributed by atoms with Crippen molar-refractivity contribution in [3.8, 4) is 0 Å². The molecule has 2 heterocycles. The molecule has 1 saturated heterocycles. The van der Waals surface area contributed by atoms with E-state index >= 15 is 0 Å². The van der Waals surface area contributed by atoms with Gasteiger partial charge in [0.05, 0.1) is 17.2 Å². The number of rotatable bonds is 3. The van der Waals surface area contributed by atoms with Crippen molar-refractivity contribution >= 4 is 22.2 Å². The predicted octanol–water partition coefficient (Wildman–Crippen LogP) is 2.58. The molecule has 1 aromatic carbocycles. The van der Waals surface area contributed by atoms with Crippen molar-refractivity contribution in [2.45, 2.75) is 20.5 Å². The molecule has 112 valence electrons. The number of aryl methyl sites for hydroxylation is 2. The summed E-state index contributed by atoms with van der Waals surface area (Å²) < 4.78 is 0. The van der Waals surface area contributed by atoms with Crippen LogP contribution >= 0.6 is 11.3 Å². The Morgan fingerprint density at radius 2 is 1.86 bits per heavy atom. The second-order valence-corrected chi connectivity index (χ2v) is 6.54. The third-order valence-electron chi connectivity index (χ3n) is 3.94. The highest BCUT2D eigenvalue weighted by Crippen LogP contribution is 2.27. The first-order chi connectivity index (χ1) is 10.2. The normalized spacial score (nSPS) is 15.6. The number of nitrogens with zero attached hydrogens (tertiary/aromatic N) is 3. The first-order valence-electron chi connectivity index (χ1n) is 7.31. The Balaban J connectivity index is 1.67. The molecule has 1 aromatic heterocycles. The Bertz CT molecular complexity index is 618. The highest BCUT2D eigenvalue weighted by Gasteiger charge is 2.20. The molecule has 0 aliphatic carbocycles. The van der Waals surface area contributed by atoms with Gasteiger partial charge in [0.1, 0.15) is 0 Å². The Morgan fingerprint density at radius 1 is 1.14 bits per heavy atom. The molecule has 21 heavy (non-hydrogen) atoms. The lowest BCUT2D eigenvalue weighted by atomic mass is 10.2. The highest BCUT2D eigenvalue weighted by molar-refractivity contribution is 7.15. The molecule has 1 fully saturated rings. The SMILES string of the molecule is Cc1cccc(N2CCN(c3nc(C)c(CO)s3)CC2)c1. The number of aromatic nitrogens is 1. The van der Waals surface area contributed by atoms with Crippen LogP contribution in [0.1, 0.15) is 16.1 Å². The molecule has 0 radical (unpaired) electrons. The topological polar surface area (TPSA) is 39.6 Å². The fourth-order valence-electron chi connectivity index (χ4n) is 2.68. The number of benzene rings is 1. The van der Waals surface area contributed by atoms with Gasteiger partial charge in [-0.2, -0.15) is 0 Å². The summed E-state index contributed by atoms with van der Waals surface area (Å²) >= 11 is 1.61. The van der Waals surface area contributed by atoms with E-state index in [1.165, 1.54) is 11.3 Å². The standard InChI is InChI=1S/C16H21N3OS/c1-12-4-3-5-14(10-12)18-6-8-19(9-7-18)16-17-13(2)15(11-20)21-16/h3-5,10,20H,6-9,11H2,1-2H3. The zero-order valence-corrected chi connectivity index (χ0v) is 13.4. The van der Waals surface area contributed by atoms with Gasteiger partial charge in [-0.05, 0) is 31.5 Å². The van der Waals surface area contributed by atoms with E-state index < -0.39 is 0 Å². The van der Waals surface area contributed by atoms with Gasteiger partial charge in [-0.1, -0.05) is 23.5 Å². The molecule has 1 aliphatic rings. The van der Waals surface area contributed by atoms with Gasteiger partial charge in [-0.15, -0.1) is 0 Å². The number of aliphatic hydroxyl groups excluding tert-OH is 1. The number of piperazine rings is 1. The van der Waals surface area contributed by atoms with Crippen LogP contribution in [0, 0.1) is 13.8 Å². The molecule has 1 N–H and O–H groups in total. The van der Waals surface area contributed by atoms with Crippen LogP contribution in [-0.2, 0) is 6.61 Å². The van der Waals surface area contributed by atoms with Gasteiger partial charge >= 0.3 is 0 Å². The Morgan fingerprint density at radius 3 is 2.48 bits per heavy atom. The smallest absolute Gasteiger partial charge is 0.185 e. The van der Waals surface area contributed by atoms with Gasteiger partial charge in [0, 0.05) is 31.9 Å². The lowest BCUT2D eigenvalue weighted by Gasteiger charge is -2.36. The van der Waals surface area contributed by atoms with Crippen LogP contribution in [0.5, 0.6) is 0 Å². The second-order valence-electron chi connectivity index (χ2n) is 5.48. The third kappa shape index (κ3) is 3.04. The Labute approximate surface area is 129 Å². The van der Waals surface area contributed by atoms with Gasteiger partial charge in [0.2, 0.25) is 0 Å². The van der Waals surface area contributed by atoms with Crippen molar-refractivity contribution in [2.75, 3.05) is 36.0 Å². The van der Waals surface area contributed by atoms with E-state index in [9.17, 15) is 5.11 Å². The van der Waals surface area contributed by atoms with E-state index in [-0.39, 0.29) is 6.61 Å². The molecule has 1 aliphatic heterocycles. The number of thiazole rings is 1. The Kier molecular flexibility index (Phi) is 4.12. The zero-order valence-electron chi connectivity index (χ0n) is 12.5. The first kappa shape index (κ1) is 14.4. The van der Waals surface area contributed by atoms with Crippen molar-refractivity contribution in [1.82, 2.24) is 4.98 Å². The summed E-state index contributed by atoms with van der Waals surface area (Å²) in [6.07, 6.45) is 0. The lowest BCUT2D eigenvalue weighted by Crippen LogP contribution is -2.46. The van der Waals surface area contributed by atoms with Crippen molar-refractivity contribution in [3.05, 3.63) is 40.4 Å². The summed E-state index contributed by atoms with van der Waals surface area (Å²) in [4.78, 5) is 10.3. The largest absolute Gasteiger partial charge is 0.391 e. The summed E-state index contributed by atoms with van der Waals surface area (Å²) in [6.45, 7) is 8.17. The summed E-state index contributed by atoms with van der Waals surface area (Å²) in [5, 5.41) is 10.3. The molecule has 0 atom stereocenters. The maximum Gasteiger partial charge on any atom is 0.185 e. The second kappa shape index (κ2) is 6.03. The van der Waals surface area contributed by atoms with Crippen LogP contribution in [-0.4, -0.2) is 36.3 Å². The highest BCUT2D eigenvalue weighted by atomic mass is 32.1. The zero-order chi connectivity index (χ0) is 14.8. The molecule has 2 aromatic rings. The van der Waals surface area contributed by atoms with E-state index in [2.05, 4.69) is 46.0 Å². The van der Waals surface area contributed by atoms with Gasteiger partial charge in [0.15, 0.2) is 5.13 Å². The van der Waals surface area contributed by atoms with E-state index in [0.717, 1.165) is 41.9 Å². The van der Waals surface area contributed by atoms with Crippen molar-refractivity contribution in [3.63, 3.8) is 0 Å². The molecule has 4 nitrogen and oxygen atoms in total. The molecule has 0 spiro atoms. The lowest BCUT2D eigenvalue weighted by molar-refractivity contribution is 0.284. The molecule has 0 amide bonds. The van der Waals surface area contributed by atoms with Crippen LogP contribution < -0.4 is 9.80 Å². The maximum atomic E-state index is 9.29. The number of aliphatic hydroxyl groups is 1. The molecular formula is C16H21N3OS. The molecule has 5 heteroatoms. The summed E-state index contributed by atoms with van der Waals surface area (Å²) in [7, 11) is 0. The van der Waals surface area contributed by atoms with Crippen LogP contribution in [0.25, 0.3) is 0 Å². The van der Waals surface area contributed by atoms with Crippen molar-refractivity contribution < 1.29 is 5.11 Å². The van der Waals surface area contributed by atoms with E-state index in [4.69, 9.17) is 0 Å². The number of hydrogen-bond acceptors (Lipinski definition) is 5. The number of hydrogen-bond donors (Lipinski definition) is 1. The molecule has 0 bridgehead atoms. The molecule has 0 saturated carbocycles. The van der Waals surface area contributed by atoms with Crippen LogP contribution in [0.2, 0.25) is 0 Å². The van der Waals surface area contributed by atoms with Crippen LogP contribution in [0.4, 0.5) is 10.8 Å². The summed E-state index contributed by atoms with van der Waals surface area (Å²) in [5.74, 6) is 0. The minimum Gasteiger partial charge on any atom is -0.391 e. The van der Waals surface area contributed by atoms with Crippen molar-refractivity contribution in [2.24, 2.45) is 0 Å². The van der Waals surface area contributed by atoms with Gasteiger partial charge < -0.3 is 14.9 Å². The fourth-order valence-corrected chi connectivity index (χ4v) is 3.65. The average molecular weight is 303 g/mol. The monoisotopic (exact) mass is 303 g/mol. The predicted molar refractivity (Wildman–Crippen MR) is 88.4 cm³/mol. The fraction of sp³-hybridized carbons (Fsp3) is 0.438. The first-order valence-corrected chi connectivity index (χ1v) is 8.13. The van der Waals surface area contributed by atoms with Gasteiger partial charge in [-0.25, -0.2) is 4.98 Å². The van der Waals surface area contributed by atoms with Crippen molar-refractivity contribution in [1.29, 1.82) is 0 Å². The minimum atomic E-state index is 0.0900. The van der Waals surface area contributed by atoms with E-state index in [1.54, 1.807) is 11.3 Å². The van der Waals surface area contributed by atoms with Crippen LogP contribution in [0.3, 0.4) is 0 Å². The average Bonchev–Trinajstić information content (AvgIpc) is 2.88. The Hall–Kier alpha value is -1.59. The molecular weight excluding hydrogens is 282 g/mol.